The zero-order chi connectivity index (χ0) is 20.1. The van der Waals surface area contributed by atoms with E-state index < -0.39 is 5.82 Å². The van der Waals surface area contributed by atoms with Crippen LogP contribution in [0.5, 0.6) is 0 Å². The first-order chi connectivity index (χ1) is 14.2. The number of rotatable bonds is 5. The number of carbonyl (C=O) groups excluding carboxylic acids is 1. The summed E-state index contributed by atoms with van der Waals surface area (Å²) in [4.78, 5) is 14.8. The molecule has 29 heavy (non-hydrogen) atoms. The van der Waals surface area contributed by atoms with Crippen LogP contribution in [-0.4, -0.2) is 22.2 Å². The lowest BCUT2D eigenvalue weighted by molar-refractivity contribution is -0.122. The molecule has 1 fully saturated rings. The number of nitrogens with zero attached hydrogens (tertiary/aromatic N) is 3. The highest BCUT2D eigenvalue weighted by atomic mass is 32.2. The number of hydrogen-bond donors (Lipinski definition) is 0. The number of thioether (sulfide) groups is 1. The quantitative estimate of drug-likeness (QED) is 0.344. The fourth-order valence-corrected chi connectivity index (χ4v) is 3.62. The predicted octanol–water partition coefficient (Wildman–Crippen LogP) is 4.93. The Morgan fingerprint density at radius 2 is 1.83 bits per heavy atom. The zero-order valence-corrected chi connectivity index (χ0v) is 16.1. The van der Waals surface area contributed by atoms with Gasteiger partial charge in [-0.05, 0) is 41.6 Å². The smallest absolute Gasteiger partial charge is 0.267 e. The minimum atomic E-state index is -0.390. The van der Waals surface area contributed by atoms with E-state index in [1.807, 2.05) is 30.3 Å². The van der Waals surface area contributed by atoms with Crippen molar-refractivity contribution in [3.8, 4) is 0 Å². The summed E-state index contributed by atoms with van der Waals surface area (Å²) < 4.78 is 19.4. The molecule has 0 bridgehead atoms. The molecule has 1 saturated heterocycles. The highest BCUT2D eigenvalue weighted by molar-refractivity contribution is 8.18. The van der Waals surface area contributed by atoms with Crippen molar-refractivity contribution in [1.29, 1.82) is 0 Å². The Kier molecular flexibility index (Phi) is 5.67. The molecule has 1 amide bonds. The van der Waals surface area contributed by atoms with Gasteiger partial charge in [0.05, 0.1) is 23.9 Å². The molecule has 0 atom stereocenters. The summed E-state index contributed by atoms with van der Waals surface area (Å²) in [5, 5.41) is 8.74. The minimum absolute atomic E-state index is 0.215. The number of hydrogen-bond acceptors (Lipinski definition) is 5. The van der Waals surface area contributed by atoms with Crippen LogP contribution >= 0.6 is 11.8 Å². The number of halogens is 1. The van der Waals surface area contributed by atoms with Crippen molar-refractivity contribution in [2.75, 3.05) is 0 Å². The van der Waals surface area contributed by atoms with Gasteiger partial charge >= 0.3 is 0 Å². The van der Waals surface area contributed by atoms with E-state index in [-0.39, 0.29) is 12.5 Å². The van der Waals surface area contributed by atoms with Crippen LogP contribution in [0, 0.1) is 5.82 Å². The first kappa shape index (κ1) is 18.9. The van der Waals surface area contributed by atoms with Crippen LogP contribution in [0.1, 0.15) is 16.9 Å². The lowest BCUT2D eigenvalue weighted by atomic mass is 10.2. The Morgan fingerprint density at radius 1 is 1.03 bits per heavy atom. The second kappa shape index (κ2) is 8.70. The van der Waals surface area contributed by atoms with E-state index in [0.717, 1.165) is 17.3 Å². The number of benzene rings is 2. The van der Waals surface area contributed by atoms with E-state index in [2.05, 4.69) is 10.2 Å². The molecule has 1 aliphatic rings. The summed E-state index contributed by atoms with van der Waals surface area (Å²) in [6.07, 6.45) is 4.69. The highest BCUT2D eigenvalue weighted by Crippen LogP contribution is 2.34. The van der Waals surface area contributed by atoms with Gasteiger partial charge in [-0.2, -0.15) is 5.10 Å². The predicted molar refractivity (Wildman–Crippen MR) is 113 cm³/mol. The van der Waals surface area contributed by atoms with Gasteiger partial charge in [0.25, 0.3) is 5.91 Å². The molecule has 5 nitrogen and oxygen atoms in total. The molecule has 2 heterocycles. The zero-order valence-electron chi connectivity index (χ0n) is 15.2. The molecule has 0 spiro atoms. The summed E-state index contributed by atoms with van der Waals surface area (Å²) >= 11 is 1.15. The van der Waals surface area contributed by atoms with Crippen molar-refractivity contribution in [2.24, 2.45) is 10.2 Å². The van der Waals surface area contributed by atoms with Crippen molar-refractivity contribution < 1.29 is 13.6 Å². The minimum Gasteiger partial charge on any atom is -0.467 e. The van der Waals surface area contributed by atoms with Crippen LogP contribution in [-0.2, 0) is 11.3 Å². The molecule has 0 saturated carbocycles. The van der Waals surface area contributed by atoms with Crippen LogP contribution in [0.3, 0.4) is 0 Å². The van der Waals surface area contributed by atoms with Crippen LogP contribution in [0.25, 0.3) is 6.08 Å². The van der Waals surface area contributed by atoms with Gasteiger partial charge in [0.2, 0.25) is 0 Å². The van der Waals surface area contributed by atoms with Crippen LogP contribution in [0.4, 0.5) is 4.39 Å². The fraction of sp³-hybridized carbons (Fsp3) is 0.0455. The van der Waals surface area contributed by atoms with Crippen molar-refractivity contribution in [2.45, 2.75) is 6.54 Å². The fourth-order valence-electron chi connectivity index (χ4n) is 2.70. The summed E-state index contributed by atoms with van der Waals surface area (Å²) in [5.74, 6) is -0.0485. The largest absolute Gasteiger partial charge is 0.467 e. The summed E-state index contributed by atoms with van der Waals surface area (Å²) in [5.41, 5.74) is 1.24. The van der Waals surface area contributed by atoms with E-state index in [9.17, 15) is 9.18 Å². The van der Waals surface area contributed by atoms with Crippen molar-refractivity contribution in [3.05, 3.63) is 101 Å². The van der Waals surface area contributed by atoms with Crippen LogP contribution in [0.15, 0.2) is 92.5 Å². The summed E-state index contributed by atoms with van der Waals surface area (Å²) in [6.45, 7) is 0.215. The van der Waals surface area contributed by atoms with Gasteiger partial charge in [-0.1, -0.05) is 48.5 Å². The van der Waals surface area contributed by atoms with Crippen LogP contribution in [0.2, 0.25) is 0 Å². The van der Waals surface area contributed by atoms with E-state index in [4.69, 9.17) is 4.42 Å². The second-order valence-electron chi connectivity index (χ2n) is 6.14. The number of carbonyl (C=O) groups is 1. The van der Waals surface area contributed by atoms with Crippen molar-refractivity contribution in [3.63, 3.8) is 0 Å². The molecule has 0 aliphatic carbocycles. The third-order valence-electron chi connectivity index (χ3n) is 4.12. The third kappa shape index (κ3) is 4.52. The highest BCUT2D eigenvalue weighted by Gasteiger charge is 2.34. The molecule has 2 aromatic carbocycles. The van der Waals surface area contributed by atoms with Gasteiger partial charge in [0.15, 0.2) is 5.17 Å². The summed E-state index contributed by atoms with van der Waals surface area (Å²) in [6, 6.07) is 19.4. The SMILES string of the molecule is O=C1/C(=C/c2ccccc2F)S/C(=N\N=C\c2ccccc2)N1Cc1ccco1. The van der Waals surface area contributed by atoms with Crippen molar-refractivity contribution in [1.82, 2.24) is 4.90 Å². The molecule has 0 unspecified atom stereocenters. The Bertz CT molecular complexity index is 1090. The molecule has 144 valence electrons. The van der Waals surface area contributed by atoms with Crippen LogP contribution < -0.4 is 0 Å². The first-order valence-corrected chi connectivity index (χ1v) is 9.67. The lowest BCUT2D eigenvalue weighted by Crippen LogP contribution is -2.28. The molecule has 1 aliphatic heterocycles. The normalized spacial score (nSPS) is 17.1. The Hall–Kier alpha value is -3.45. The van der Waals surface area contributed by atoms with Crippen molar-refractivity contribution >= 4 is 35.1 Å². The van der Waals surface area contributed by atoms with Gasteiger partial charge in [-0.3, -0.25) is 9.69 Å². The van der Waals surface area contributed by atoms with Gasteiger partial charge in [-0.25, -0.2) is 4.39 Å². The molecule has 7 heteroatoms. The molecule has 0 N–H and O–H groups in total. The molecular formula is C22H16FN3O2S. The Labute approximate surface area is 171 Å². The average Bonchev–Trinajstić information content (AvgIpc) is 3.35. The number of amides is 1. The summed E-state index contributed by atoms with van der Waals surface area (Å²) in [7, 11) is 0. The maximum absolute atomic E-state index is 14.0. The van der Waals surface area contributed by atoms with Gasteiger partial charge in [0, 0.05) is 5.56 Å². The topological polar surface area (TPSA) is 58.2 Å². The third-order valence-corrected chi connectivity index (χ3v) is 5.12. The van der Waals surface area contributed by atoms with Gasteiger partial charge in [-0.15, -0.1) is 5.10 Å². The first-order valence-electron chi connectivity index (χ1n) is 8.85. The lowest BCUT2D eigenvalue weighted by Gasteiger charge is -2.12. The molecule has 1 aromatic heterocycles. The van der Waals surface area contributed by atoms with E-state index >= 15 is 0 Å². The second-order valence-corrected chi connectivity index (χ2v) is 7.15. The molecule has 0 radical (unpaired) electrons. The molecule has 4 rings (SSSR count). The number of furan rings is 1. The monoisotopic (exact) mass is 405 g/mol. The van der Waals surface area contributed by atoms with Gasteiger partial charge < -0.3 is 4.42 Å². The Morgan fingerprint density at radius 3 is 2.59 bits per heavy atom. The molecule has 3 aromatic rings. The average molecular weight is 405 g/mol. The van der Waals surface area contributed by atoms with Gasteiger partial charge in [0.1, 0.15) is 11.6 Å². The van der Waals surface area contributed by atoms with E-state index in [0.29, 0.717) is 21.4 Å². The molecular weight excluding hydrogens is 389 g/mol. The number of amidine groups is 1. The maximum Gasteiger partial charge on any atom is 0.267 e. The Balaban J connectivity index is 1.64. The standard InChI is InChI=1S/C22H16FN3O2S/c23-19-11-5-4-9-17(19)13-20-21(27)26(15-18-10-6-12-28-18)22(29-20)25-24-14-16-7-2-1-3-8-16/h1-14H,15H2/b20-13-,24-14+,25-22-. The maximum atomic E-state index is 14.0. The van der Waals surface area contributed by atoms with E-state index in [1.165, 1.54) is 17.0 Å². The van der Waals surface area contributed by atoms with E-state index in [1.54, 1.807) is 42.8 Å².